The highest BCUT2D eigenvalue weighted by Crippen LogP contribution is 2.20. The molecule has 0 radical (unpaired) electrons. The summed E-state index contributed by atoms with van der Waals surface area (Å²) in [5, 5.41) is 8.29. The van der Waals surface area contributed by atoms with E-state index in [1.807, 2.05) is 50.6 Å². The first-order chi connectivity index (χ1) is 11.6. The molecule has 0 bridgehead atoms. The van der Waals surface area contributed by atoms with Gasteiger partial charge in [0.2, 0.25) is 5.95 Å². The van der Waals surface area contributed by atoms with Crippen LogP contribution < -0.4 is 5.32 Å². The maximum Gasteiger partial charge on any atom is 0.223 e. The van der Waals surface area contributed by atoms with E-state index in [-0.39, 0.29) is 0 Å². The molecule has 0 saturated heterocycles. The zero-order chi connectivity index (χ0) is 16.9. The minimum Gasteiger partial charge on any atom is -0.353 e. The van der Waals surface area contributed by atoms with E-state index in [2.05, 4.69) is 25.3 Å². The largest absolute Gasteiger partial charge is 0.353 e. The van der Waals surface area contributed by atoms with E-state index in [0.29, 0.717) is 11.0 Å². The molecular weight excluding hydrogens is 324 g/mol. The molecule has 2 aromatic heterocycles. The Kier molecular flexibility index (Phi) is 5.08. The van der Waals surface area contributed by atoms with Gasteiger partial charge in [-0.1, -0.05) is 17.7 Å². The Hall–Kier alpha value is -2.44. The number of aromatic nitrogens is 4. The standard InChI is InChI=1S/C17H19ClN6/c1-23(2)9-8-20-17-19-7-6-16(22-17)13-11-21-24(12-13)15-5-3-4-14(18)10-15/h3-7,10-12H,8-9H2,1-2H3,(H,19,20,22). The second kappa shape index (κ2) is 7.42. The van der Waals surface area contributed by atoms with Crippen molar-refractivity contribution in [1.82, 2.24) is 24.6 Å². The van der Waals surface area contributed by atoms with Crippen LogP contribution in [-0.4, -0.2) is 51.8 Å². The van der Waals surface area contributed by atoms with E-state index in [1.165, 1.54) is 0 Å². The van der Waals surface area contributed by atoms with E-state index in [0.717, 1.165) is 30.0 Å². The van der Waals surface area contributed by atoms with Crippen molar-refractivity contribution in [2.24, 2.45) is 0 Å². The number of rotatable bonds is 6. The second-order valence-corrected chi connectivity index (χ2v) is 6.09. The maximum atomic E-state index is 6.04. The molecule has 0 saturated carbocycles. The van der Waals surface area contributed by atoms with E-state index in [4.69, 9.17) is 11.6 Å². The van der Waals surface area contributed by atoms with Gasteiger partial charge in [0.15, 0.2) is 0 Å². The van der Waals surface area contributed by atoms with Gasteiger partial charge in [0.05, 0.1) is 17.6 Å². The van der Waals surface area contributed by atoms with Crippen LogP contribution in [0, 0.1) is 0 Å². The van der Waals surface area contributed by atoms with Crippen LogP contribution in [0.4, 0.5) is 5.95 Å². The highest BCUT2D eigenvalue weighted by atomic mass is 35.5. The summed E-state index contributed by atoms with van der Waals surface area (Å²) >= 11 is 6.04. The first kappa shape index (κ1) is 16.4. The summed E-state index contributed by atoms with van der Waals surface area (Å²) in [4.78, 5) is 10.9. The zero-order valence-electron chi connectivity index (χ0n) is 13.6. The summed E-state index contributed by atoms with van der Waals surface area (Å²) in [5.74, 6) is 0.616. The average Bonchev–Trinajstić information content (AvgIpc) is 3.05. The number of nitrogens with zero attached hydrogens (tertiary/aromatic N) is 5. The summed E-state index contributed by atoms with van der Waals surface area (Å²) in [5.41, 5.74) is 2.66. The van der Waals surface area contributed by atoms with Gasteiger partial charge in [-0.2, -0.15) is 5.10 Å². The van der Waals surface area contributed by atoms with Crippen molar-refractivity contribution in [1.29, 1.82) is 0 Å². The molecule has 0 amide bonds. The predicted molar refractivity (Wildman–Crippen MR) is 96.6 cm³/mol. The molecule has 1 aromatic carbocycles. The molecule has 0 unspecified atom stereocenters. The third kappa shape index (κ3) is 4.10. The molecule has 0 fully saturated rings. The van der Waals surface area contributed by atoms with Gasteiger partial charge in [-0.25, -0.2) is 14.6 Å². The van der Waals surface area contributed by atoms with E-state index in [1.54, 1.807) is 17.1 Å². The lowest BCUT2D eigenvalue weighted by Crippen LogP contribution is -2.21. The van der Waals surface area contributed by atoms with Crippen molar-refractivity contribution in [3.8, 4) is 16.9 Å². The Morgan fingerprint density at radius 3 is 2.92 bits per heavy atom. The molecule has 24 heavy (non-hydrogen) atoms. The van der Waals surface area contributed by atoms with Crippen LogP contribution in [0.15, 0.2) is 48.9 Å². The van der Waals surface area contributed by atoms with Gasteiger partial charge in [0, 0.05) is 36.1 Å². The Morgan fingerprint density at radius 1 is 1.25 bits per heavy atom. The topological polar surface area (TPSA) is 58.9 Å². The lowest BCUT2D eigenvalue weighted by Gasteiger charge is -2.10. The Balaban J connectivity index is 1.77. The van der Waals surface area contributed by atoms with Gasteiger partial charge in [-0.05, 0) is 38.4 Å². The molecular formula is C17H19ClN6. The molecule has 0 aliphatic rings. The summed E-state index contributed by atoms with van der Waals surface area (Å²) in [6, 6.07) is 9.43. The van der Waals surface area contributed by atoms with Gasteiger partial charge in [-0.15, -0.1) is 0 Å². The third-order valence-corrected chi connectivity index (χ3v) is 3.68. The van der Waals surface area contributed by atoms with Crippen molar-refractivity contribution >= 4 is 17.5 Å². The van der Waals surface area contributed by atoms with Crippen molar-refractivity contribution in [3.63, 3.8) is 0 Å². The average molecular weight is 343 g/mol. The summed E-state index contributed by atoms with van der Waals surface area (Å²) in [6.45, 7) is 1.71. The Morgan fingerprint density at radius 2 is 2.12 bits per heavy atom. The number of nitrogens with one attached hydrogen (secondary N) is 1. The highest BCUT2D eigenvalue weighted by molar-refractivity contribution is 6.30. The van der Waals surface area contributed by atoms with Crippen molar-refractivity contribution < 1.29 is 0 Å². The molecule has 7 heteroatoms. The van der Waals surface area contributed by atoms with Crippen LogP contribution in [0.5, 0.6) is 0 Å². The van der Waals surface area contributed by atoms with Gasteiger partial charge < -0.3 is 10.2 Å². The normalized spacial score (nSPS) is 11.0. The number of hydrogen-bond donors (Lipinski definition) is 1. The molecule has 0 aliphatic carbocycles. The molecule has 2 heterocycles. The molecule has 1 N–H and O–H groups in total. The van der Waals surface area contributed by atoms with Crippen molar-refractivity contribution in [2.75, 3.05) is 32.5 Å². The predicted octanol–water partition coefficient (Wildman–Crippen LogP) is 2.96. The Labute approximate surface area is 146 Å². The smallest absolute Gasteiger partial charge is 0.223 e. The van der Waals surface area contributed by atoms with Crippen LogP contribution >= 0.6 is 11.6 Å². The first-order valence-corrected chi connectivity index (χ1v) is 8.02. The van der Waals surface area contributed by atoms with Gasteiger partial charge in [-0.3, -0.25) is 0 Å². The zero-order valence-corrected chi connectivity index (χ0v) is 14.4. The van der Waals surface area contributed by atoms with Crippen LogP contribution in [0.2, 0.25) is 5.02 Å². The fourth-order valence-corrected chi connectivity index (χ4v) is 2.40. The molecule has 0 aliphatic heterocycles. The first-order valence-electron chi connectivity index (χ1n) is 7.64. The summed E-state index contributed by atoms with van der Waals surface area (Å²) < 4.78 is 1.78. The fraction of sp³-hybridized carbons (Fsp3) is 0.235. The van der Waals surface area contributed by atoms with E-state index < -0.39 is 0 Å². The number of hydrogen-bond acceptors (Lipinski definition) is 5. The maximum absolute atomic E-state index is 6.04. The number of anilines is 1. The SMILES string of the molecule is CN(C)CCNc1nccc(-c2cnn(-c3cccc(Cl)c3)c2)n1. The minimum atomic E-state index is 0.616. The number of likely N-dealkylation sites (N-methyl/N-ethyl adjacent to an activating group) is 1. The third-order valence-electron chi connectivity index (χ3n) is 3.45. The highest BCUT2D eigenvalue weighted by Gasteiger charge is 2.07. The Bertz CT molecular complexity index is 814. The van der Waals surface area contributed by atoms with Crippen molar-refractivity contribution in [3.05, 3.63) is 53.9 Å². The number of halogens is 1. The van der Waals surface area contributed by atoms with Crippen LogP contribution in [0.3, 0.4) is 0 Å². The van der Waals surface area contributed by atoms with Gasteiger partial charge in [0.1, 0.15) is 0 Å². The second-order valence-electron chi connectivity index (χ2n) is 5.65. The molecule has 6 nitrogen and oxygen atoms in total. The van der Waals surface area contributed by atoms with E-state index >= 15 is 0 Å². The molecule has 124 valence electrons. The minimum absolute atomic E-state index is 0.616. The summed E-state index contributed by atoms with van der Waals surface area (Å²) in [7, 11) is 4.06. The molecule has 0 atom stereocenters. The fourth-order valence-electron chi connectivity index (χ4n) is 2.21. The van der Waals surface area contributed by atoms with Gasteiger partial charge in [0.25, 0.3) is 0 Å². The monoisotopic (exact) mass is 342 g/mol. The molecule has 0 spiro atoms. The van der Waals surface area contributed by atoms with Gasteiger partial charge >= 0.3 is 0 Å². The van der Waals surface area contributed by atoms with Crippen molar-refractivity contribution in [2.45, 2.75) is 0 Å². The lowest BCUT2D eigenvalue weighted by atomic mass is 10.2. The molecule has 3 rings (SSSR count). The van der Waals surface area contributed by atoms with Crippen LogP contribution in [0.25, 0.3) is 16.9 Å². The summed E-state index contributed by atoms with van der Waals surface area (Å²) in [6.07, 6.45) is 5.46. The quantitative estimate of drug-likeness (QED) is 0.746. The lowest BCUT2D eigenvalue weighted by molar-refractivity contribution is 0.425. The molecule has 3 aromatic rings. The van der Waals surface area contributed by atoms with E-state index in [9.17, 15) is 0 Å². The van der Waals surface area contributed by atoms with Crippen LogP contribution in [-0.2, 0) is 0 Å². The number of benzene rings is 1. The van der Waals surface area contributed by atoms with Crippen LogP contribution in [0.1, 0.15) is 0 Å².